The van der Waals surface area contributed by atoms with Gasteiger partial charge in [-0.3, -0.25) is 4.90 Å². The Morgan fingerprint density at radius 2 is 2.06 bits per heavy atom. The highest BCUT2D eigenvalue weighted by atomic mass is 16.5. The van der Waals surface area contributed by atoms with Crippen LogP contribution >= 0.6 is 0 Å². The topological polar surface area (TPSA) is 62.0 Å². The van der Waals surface area contributed by atoms with E-state index in [-0.39, 0.29) is 0 Å². The maximum absolute atomic E-state index is 8.73. The van der Waals surface area contributed by atoms with Crippen LogP contribution in [-0.4, -0.2) is 24.4 Å². The van der Waals surface area contributed by atoms with Gasteiger partial charge in [0.05, 0.1) is 12.8 Å². The summed E-state index contributed by atoms with van der Waals surface area (Å²) in [4.78, 5) is 1.35. The quantitative estimate of drug-likeness (QED) is 0.607. The lowest BCUT2D eigenvalue weighted by Gasteiger charge is -2.07. The molecule has 1 aromatic carbocycles. The van der Waals surface area contributed by atoms with E-state index in [1.165, 1.54) is 4.90 Å². The molecule has 0 saturated heterocycles. The van der Waals surface area contributed by atoms with Crippen LogP contribution in [0.25, 0.3) is 11.3 Å². The van der Waals surface area contributed by atoms with E-state index in [4.69, 9.17) is 10.00 Å². The van der Waals surface area contributed by atoms with E-state index in [2.05, 4.69) is 10.2 Å². The second-order valence-corrected chi connectivity index (χ2v) is 3.67. The molecule has 90 valence electrons. The molecule has 0 aliphatic heterocycles. The highest BCUT2D eigenvalue weighted by molar-refractivity contribution is 5.61. The van der Waals surface area contributed by atoms with Crippen LogP contribution in [0.2, 0.25) is 0 Å². The van der Waals surface area contributed by atoms with Gasteiger partial charge in [-0.05, 0) is 24.3 Å². The van der Waals surface area contributed by atoms with Crippen molar-refractivity contribution in [3.63, 3.8) is 0 Å². The monoisotopic (exact) mass is 240 g/mol. The van der Waals surface area contributed by atoms with Crippen LogP contribution in [0.15, 0.2) is 36.4 Å². The van der Waals surface area contributed by atoms with Gasteiger partial charge in [-0.2, -0.15) is 5.26 Å². The zero-order chi connectivity index (χ0) is 13.0. The Morgan fingerprint density at radius 1 is 1.22 bits per heavy atom. The number of nitrogens with zero attached hydrogens (tertiary/aromatic N) is 4. The first-order valence-corrected chi connectivity index (χ1v) is 5.36. The van der Waals surface area contributed by atoms with Crippen molar-refractivity contribution in [2.45, 2.75) is 0 Å². The van der Waals surface area contributed by atoms with E-state index in [9.17, 15) is 0 Å². The highest BCUT2D eigenvalue weighted by Gasteiger charge is 2.04. The minimum Gasteiger partial charge on any atom is -0.497 e. The molecule has 2 rings (SSSR count). The minimum absolute atomic E-state index is 0.518. The molecule has 0 atom stereocenters. The van der Waals surface area contributed by atoms with Gasteiger partial charge in [0.15, 0.2) is 12.0 Å². The van der Waals surface area contributed by atoms with Crippen LogP contribution in [0, 0.1) is 11.5 Å². The molecule has 5 heteroatoms. The van der Waals surface area contributed by atoms with Gasteiger partial charge in [0.1, 0.15) is 5.75 Å². The Hall–Kier alpha value is -2.61. The third-order valence-corrected chi connectivity index (χ3v) is 2.51. The van der Waals surface area contributed by atoms with Crippen molar-refractivity contribution in [2.75, 3.05) is 19.1 Å². The molecule has 0 unspecified atom stereocenters. The number of aromatic nitrogens is 2. The fourth-order valence-corrected chi connectivity index (χ4v) is 1.49. The van der Waals surface area contributed by atoms with E-state index in [0.29, 0.717) is 5.82 Å². The Kier molecular flexibility index (Phi) is 3.39. The summed E-state index contributed by atoms with van der Waals surface area (Å²) >= 11 is 0. The van der Waals surface area contributed by atoms with Crippen molar-refractivity contribution in [1.82, 2.24) is 10.2 Å². The number of hydrogen-bond acceptors (Lipinski definition) is 5. The molecular formula is C13H12N4O. The summed E-state index contributed by atoms with van der Waals surface area (Å²) < 4.78 is 5.16. The average molecular weight is 240 g/mol. The number of anilines is 1. The van der Waals surface area contributed by atoms with Gasteiger partial charge in [-0.1, -0.05) is 12.1 Å². The van der Waals surface area contributed by atoms with E-state index in [1.54, 1.807) is 20.2 Å². The molecule has 1 heterocycles. The lowest BCUT2D eigenvalue weighted by molar-refractivity contribution is 0.415. The van der Waals surface area contributed by atoms with Gasteiger partial charge < -0.3 is 4.74 Å². The second-order valence-electron chi connectivity index (χ2n) is 3.67. The molecule has 0 aliphatic rings. The van der Waals surface area contributed by atoms with Crippen LogP contribution < -0.4 is 9.64 Å². The molecular weight excluding hydrogens is 228 g/mol. The van der Waals surface area contributed by atoms with Gasteiger partial charge in [0.2, 0.25) is 0 Å². The number of rotatable bonds is 3. The molecule has 0 N–H and O–H groups in total. The van der Waals surface area contributed by atoms with Crippen molar-refractivity contribution in [1.29, 1.82) is 5.26 Å². The molecule has 0 spiro atoms. The SMILES string of the molecule is COc1cccc(-c2ccc(N(C)C#N)nn2)c1. The predicted octanol–water partition coefficient (Wildman–Crippen LogP) is 2.07. The first-order chi connectivity index (χ1) is 8.74. The Labute approximate surface area is 105 Å². The number of benzene rings is 1. The van der Waals surface area contributed by atoms with Crippen LogP contribution in [0.4, 0.5) is 5.82 Å². The van der Waals surface area contributed by atoms with Crippen molar-refractivity contribution in [3.8, 4) is 23.2 Å². The van der Waals surface area contributed by atoms with Gasteiger partial charge >= 0.3 is 0 Å². The number of methoxy groups -OCH3 is 1. The highest BCUT2D eigenvalue weighted by Crippen LogP contribution is 2.22. The van der Waals surface area contributed by atoms with E-state index in [1.807, 2.05) is 36.5 Å². The van der Waals surface area contributed by atoms with Crippen LogP contribution in [0.1, 0.15) is 0 Å². The predicted molar refractivity (Wildman–Crippen MR) is 68.0 cm³/mol. The largest absolute Gasteiger partial charge is 0.497 e. The summed E-state index contributed by atoms with van der Waals surface area (Å²) in [7, 11) is 3.25. The number of nitriles is 1. The fourth-order valence-electron chi connectivity index (χ4n) is 1.49. The van der Waals surface area contributed by atoms with Gasteiger partial charge in [0.25, 0.3) is 0 Å². The molecule has 5 nitrogen and oxygen atoms in total. The molecule has 0 bridgehead atoms. The van der Waals surface area contributed by atoms with Crippen LogP contribution in [-0.2, 0) is 0 Å². The third-order valence-electron chi connectivity index (χ3n) is 2.51. The van der Waals surface area contributed by atoms with E-state index in [0.717, 1.165) is 17.0 Å². The number of hydrogen-bond donors (Lipinski definition) is 0. The molecule has 1 aromatic heterocycles. The first-order valence-electron chi connectivity index (χ1n) is 5.36. The van der Waals surface area contributed by atoms with Crippen LogP contribution in [0.5, 0.6) is 5.75 Å². The Bertz CT molecular complexity index is 574. The minimum atomic E-state index is 0.518. The zero-order valence-corrected chi connectivity index (χ0v) is 10.2. The number of ether oxygens (including phenoxy) is 1. The first kappa shape index (κ1) is 11.9. The molecule has 18 heavy (non-hydrogen) atoms. The zero-order valence-electron chi connectivity index (χ0n) is 10.2. The molecule has 0 fully saturated rings. The summed E-state index contributed by atoms with van der Waals surface area (Å²) in [6.07, 6.45) is 1.97. The summed E-state index contributed by atoms with van der Waals surface area (Å²) in [5.74, 6) is 1.29. The average Bonchev–Trinajstić information content (AvgIpc) is 2.46. The fraction of sp³-hybridized carbons (Fsp3) is 0.154. The molecule has 2 aromatic rings. The summed E-state index contributed by atoms with van der Waals surface area (Å²) in [6, 6.07) is 11.2. The molecule has 0 saturated carbocycles. The van der Waals surface area contributed by atoms with E-state index < -0.39 is 0 Å². The summed E-state index contributed by atoms with van der Waals surface area (Å²) in [5, 5.41) is 16.8. The lowest BCUT2D eigenvalue weighted by atomic mass is 10.1. The van der Waals surface area contributed by atoms with Crippen molar-refractivity contribution >= 4 is 5.82 Å². The standard InChI is InChI=1S/C13H12N4O/c1-17(9-14)13-7-6-12(15-16-13)10-4-3-5-11(8-10)18-2/h3-8H,1-2H3. The Morgan fingerprint density at radius 3 is 2.67 bits per heavy atom. The van der Waals surface area contributed by atoms with Gasteiger partial charge in [-0.15, -0.1) is 10.2 Å². The molecule has 0 radical (unpaired) electrons. The van der Waals surface area contributed by atoms with Crippen molar-refractivity contribution < 1.29 is 4.74 Å². The summed E-state index contributed by atoms with van der Waals surface area (Å²) in [5.41, 5.74) is 1.66. The molecule has 0 aliphatic carbocycles. The second kappa shape index (κ2) is 5.15. The maximum Gasteiger partial charge on any atom is 0.185 e. The molecule has 0 amide bonds. The smallest absolute Gasteiger partial charge is 0.185 e. The van der Waals surface area contributed by atoms with Crippen molar-refractivity contribution in [3.05, 3.63) is 36.4 Å². The van der Waals surface area contributed by atoms with Gasteiger partial charge in [0, 0.05) is 12.6 Å². The summed E-state index contributed by atoms with van der Waals surface area (Å²) in [6.45, 7) is 0. The maximum atomic E-state index is 8.73. The lowest BCUT2D eigenvalue weighted by Crippen LogP contribution is -2.10. The third kappa shape index (κ3) is 2.38. The van der Waals surface area contributed by atoms with E-state index >= 15 is 0 Å². The normalized spacial score (nSPS) is 9.61. The van der Waals surface area contributed by atoms with Crippen molar-refractivity contribution in [2.24, 2.45) is 0 Å². The van der Waals surface area contributed by atoms with Gasteiger partial charge in [-0.25, -0.2) is 0 Å². The van der Waals surface area contributed by atoms with Crippen LogP contribution in [0.3, 0.4) is 0 Å². The Balaban J connectivity index is 2.31.